The van der Waals surface area contributed by atoms with Crippen LogP contribution in [0.15, 0.2) is 65.7 Å². The topological polar surface area (TPSA) is 34.0 Å². The number of thioether (sulfide) groups is 1. The Morgan fingerprint density at radius 3 is 2.62 bits per heavy atom. The number of hydrogen-bond donors (Lipinski definition) is 1. The van der Waals surface area contributed by atoms with Gasteiger partial charge in [0.05, 0.1) is 5.75 Å². The van der Waals surface area contributed by atoms with Gasteiger partial charge in [-0.3, -0.25) is 4.79 Å². The van der Waals surface area contributed by atoms with Gasteiger partial charge in [0.25, 0.3) is 0 Å². The second-order valence-corrected chi connectivity index (χ2v) is 6.77. The Bertz CT molecular complexity index is 811. The highest BCUT2D eigenvalue weighted by Gasteiger charge is 2.10. The van der Waals surface area contributed by atoms with Gasteiger partial charge in [-0.15, -0.1) is 11.8 Å². The van der Waals surface area contributed by atoms with Gasteiger partial charge in [0, 0.05) is 35.1 Å². The van der Waals surface area contributed by atoms with Crippen LogP contribution in [-0.2, 0) is 17.9 Å². The Labute approximate surface area is 147 Å². The van der Waals surface area contributed by atoms with E-state index < -0.39 is 0 Å². The van der Waals surface area contributed by atoms with Crippen LogP contribution in [0.25, 0.3) is 10.9 Å². The van der Waals surface area contributed by atoms with E-state index in [1.807, 2.05) is 30.3 Å². The van der Waals surface area contributed by atoms with E-state index in [1.165, 1.54) is 15.8 Å². The molecule has 1 amide bonds. The van der Waals surface area contributed by atoms with Gasteiger partial charge in [-0.25, -0.2) is 0 Å². The minimum Gasteiger partial charge on any atom is -0.351 e. The highest BCUT2D eigenvalue weighted by atomic mass is 32.2. The normalized spacial score (nSPS) is 10.9. The first-order chi connectivity index (χ1) is 11.8. The molecule has 124 valence electrons. The number of rotatable bonds is 7. The monoisotopic (exact) mass is 338 g/mol. The molecule has 24 heavy (non-hydrogen) atoms. The van der Waals surface area contributed by atoms with Crippen LogP contribution in [0.5, 0.6) is 0 Å². The zero-order valence-electron chi connectivity index (χ0n) is 13.9. The van der Waals surface area contributed by atoms with Gasteiger partial charge >= 0.3 is 0 Å². The SMILES string of the molecule is CCCn1cc(SCC(=O)NCc2ccccc2)c2ccccc21. The molecule has 1 aromatic heterocycles. The van der Waals surface area contributed by atoms with Crippen LogP contribution in [0.2, 0.25) is 0 Å². The third-order valence-corrected chi connectivity index (χ3v) is 4.95. The first-order valence-corrected chi connectivity index (χ1v) is 9.28. The van der Waals surface area contributed by atoms with E-state index in [0.29, 0.717) is 12.3 Å². The van der Waals surface area contributed by atoms with Crippen LogP contribution in [0.4, 0.5) is 0 Å². The number of benzene rings is 2. The van der Waals surface area contributed by atoms with Crippen LogP contribution in [0.3, 0.4) is 0 Å². The Morgan fingerprint density at radius 1 is 1.08 bits per heavy atom. The fourth-order valence-corrected chi connectivity index (χ4v) is 3.66. The third-order valence-electron chi connectivity index (χ3n) is 3.91. The predicted molar refractivity (Wildman–Crippen MR) is 101 cm³/mol. The zero-order chi connectivity index (χ0) is 16.8. The first-order valence-electron chi connectivity index (χ1n) is 8.29. The maximum absolute atomic E-state index is 12.1. The molecule has 3 rings (SSSR count). The van der Waals surface area contributed by atoms with Crippen molar-refractivity contribution >= 4 is 28.6 Å². The molecule has 3 aromatic rings. The quantitative estimate of drug-likeness (QED) is 0.645. The summed E-state index contributed by atoms with van der Waals surface area (Å²) in [5.74, 6) is 0.503. The predicted octanol–water partition coefficient (Wildman–Crippen LogP) is 4.46. The van der Waals surface area contributed by atoms with Crippen molar-refractivity contribution in [1.82, 2.24) is 9.88 Å². The summed E-state index contributed by atoms with van der Waals surface area (Å²) >= 11 is 1.61. The second kappa shape index (κ2) is 8.06. The summed E-state index contributed by atoms with van der Waals surface area (Å²) in [4.78, 5) is 13.3. The third kappa shape index (κ3) is 4.01. The Balaban J connectivity index is 1.62. The van der Waals surface area contributed by atoms with Crippen molar-refractivity contribution in [3.05, 3.63) is 66.4 Å². The van der Waals surface area contributed by atoms with Crippen molar-refractivity contribution in [2.45, 2.75) is 31.3 Å². The molecule has 0 bridgehead atoms. The van der Waals surface area contributed by atoms with Crippen molar-refractivity contribution in [2.24, 2.45) is 0 Å². The number of amides is 1. The molecule has 2 aromatic carbocycles. The molecule has 0 spiro atoms. The highest BCUT2D eigenvalue weighted by Crippen LogP contribution is 2.30. The van der Waals surface area contributed by atoms with Crippen LogP contribution >= 0.6 is 11.8 Å². The minimum absolute atomic E-state index is 0.0659. The lowest BCUT2D eigenvalue weighted by molar-refractivity contribution is -0.118. The van der Waals surface area contributed by atoms with Crippen molar-refractivity contribution in [3.63, 3.8) is 0 Å². The first kappa shape index (κ1) is 16.7. The van der Waals surface area contributed by atoms with Gasteiger partial charge in [-0.05, 0) is 18.1 Å². The van der Waals surface area contributed by atoms with E-state index >= 15 is 0 Å². The molecule has 3 nitrogen and oxygen atoms in total. The number of carbonyl (C=O) groups is 1. The molecule has 0 radical (unpaired) electrons. The molecule has 0 aliphatic heterocycles. The summed E-state index contributed by atoms with van der Waals surface area (Å²) in [7, 11) is 0. The Morgan fingerprint density at radius 2 is 1.83 bits per heavy atom. The molecule has 1 N–H and O–H groups in total. The molecule has 0 atom stereocenters. The molecular formula is C20H22N2OS. The zero-order valence-corrected chi connectivity index (χ0v) is 14.7. The summed E-state index contributed by atoms with van der Waals surface area (Å²) in [5.41, 5.74) is 2.36. The molecule has 1 heterocycles. The van der Waals surface area contributed by atoms with E-state index in [0.717, 1.165) is 18.5 Å². The van der Waals surface area contributed by atoms with Gasteiger partial charge in [0.1, 0.15) is 0 Å². The summed E-state index contributed by atoms with van der Waals surface area (Å²) in [6.07, 6.45) is 3.27. The summed E-state index contributed by atoms with van der Waals surface area (Å²) in [5, 5.41) is 4.21. The fourth-order valence-electron chi connectivity index (χ4n) is 2.74. The maximum atomic E-state index is 12.1. The Hall–Kier alpha value is -2.20. The molecule has 0 unspecified atom stereocenters. The molecule has 0 saturated heterocycles. The summed E-state index contributed by atoms with van der Waals surface area (Å²) in [6, 6.07) is 18.4. The van der Waals surface area contributed by atoms with Crippen LogP contribution < -0.4 is 5.32 Å². The van der Waals surface area contributed by atoms with E-state index in [9.17, 15) is 4.79 Å². The van der Waals surface area contributed by atoms with Crippen molar-refractivity contribution in [2.75, 3.05) is 5.75 Å². The lowest BCUT2D eigenvalue weighted by atomic mass is 10.2. The van der Waals surface area contributed by atoms with E-state index in [2.05, 4.69) is 47.3 Å². The van der Waals surface area contributed by atoms with Gasteiger partial charge < -0.3 is 9.88 Å². The van der Waals surface area contributed by atoms with Crippen molar-refractivity contribution in [3.8, 4) is 0 Å². The summed E-state index contributed by atoms with van der Waals surface area (Å²) < 4.78 is 2.28. The molecule has 0 aliphatic carbocycles. The van der Waals surface area contributed by atoms with Crippen molar-refractivity contribution in [1.29, 1.82) is 0 Å². The molecular weight excluding hydrogens is 316 g/mol. The minimum atomic E-state index is 0.0659. The average Bonchev–Trinajstić information content (AvgIpc) is 2.97. The van der Waals surface area contributed by atoms with Crippen molar-refractivity contribution < 1.29 is 4.79 Å². The largest absolute Gasteiger partial charge is 0.351 e. The molecule has 0 aliphatic rings. The number of carbonyl (C=O) groups excluding carboxylic acids is 1. The van der Waals surface area contributed by atoms with E-state index in [1.54, 1.807) is 11.8 Å². The molecule has 0 fully saturated rings. The number of nitrogens with one attached hydrogen (secondary N) is 1. The Kier molecular flexibility index (Phi) is 5.59. The maximum Gasteiger partial charge on any atom is 0.230 e. The van der Waals surface area contributed by atoms with E-state index in [-0.39, 0.29) is 5.91 Å². The number of aryl methyl sites for hydroxylation is 1. The number of para-hydroxylation sites is 1. The van der Waals surface area contributed by atoms with Crippen LogP contribution in [0.1, 0.15) is 18.9 Å². The summed E-state index contributed by atoms with van der Waals surface area (Å²) in [6.45, 7) is 3.76. The number of aromatic nitrogens is 1. The van der Waals surface area contributed by atoms with Gasteiger partial charge in [-0.2, -0.15) is 0 Å². The fraction of sp³-hybridized carbons (Fsp3) is 0.250. The second-order valence-electron chi connectivity index (χ2n) is 5.75. The van der Waals surface area contributed by atoms with Crippen LogP contribution in [-0.4, -0.2) is 16.2 Å². The van der Waals surface area contributed by atoms with Gasteiger partial charge in [0.2, 0.25) is 5.91 Å². The van der Waals surface area contributed by atoms with Gasteiger partial charge in [-0.1, -0.05) is 55.5 Å². The van der Waals surface area contributed by atoms with Crippen LogP contribution in [0, 0.1) is 0 Å². The number of fused-ring (bicyclic) bond motifs is 1. The van der Waals surface area contributed by atoms with E-state index in [4.69, 9.17) is 0 Å². The van der Waals surface area contributed by atoms with Gasteiger partial charge in [0.15, 0.2) is 0 Å². The lowest BCUT2D eigenvalue weighted by Crippen LogP contribution is -2.24. The number of nitrogens with zero attached hydrogens (tertiary/aromatic N) is 1. The standard InChI is InChI=1S/C20H22N2OS/c1-2-12-22-14-19(17-10-6-7-11-18(17)22)24-15-20(23)21-13-16-8-4-3-5-9-16/h3-11,14H,2,12-13,15H2,1H3,(H,21,23). The average molecular weight is 338 g/mol. The lowest BCUT2D eigenvalue weighted by Gasteiger charge is -2.05. The molecule has 0 saturated carbocycles. The smallest absolute Gasteiger partial charge is 0.230 e. The number of hydrogen-bond acceptors (Lipinski definition) is 2. The highest BCUT2D eigenvalue weighted by molar-refractivity contribution is 8.00. The molecule has 4 heteroatoms.